The van der Waals surface area contributed by atoms with E-state index in [1.807, 2.05) is 31.3 Å². The SMILES string of the molecule is CNC(Cc1ccc(Cl)cc1)Cc1cccc(Cl)c1F. The van der Waals surface area contributed by atoms with Gasteiger partial charge >= 0.3 is 0 Å². The molecule has 4 heteroatoms. The lowest BCUT2D eigenvalue weighted by Gasteiger charge is -2.17. The molecule has 0 amide bonds. The lowest BCUT2D eigenvalue weighted by Crippen LogP contribution is -2.30. The molecule has 0 aromatic heterocycles. The van der Waals surface area contributed by atoms with E-state index in [0.717, 1.165) is 17.0 Å². The van der Waals surface area contributed by atoms with Crippen LogP contribution in [0.3, 0.4) is 0 Å². The lowest BCUT2D eigenvalue weighted by atomic mass is 9.99. The van der Waals surface area contributed by atoms with E-state index in [9.17, 15) is 4.39 Å². The van der Waals surface area contributed by atoms with Crippen molar-refractivity contribution in [1.29, 1.82) is 0 Å². The first kappa shape index (κ1) is 15.3. The molecule has 2 aromatic rings. The molecule has 0 fully saturated rings. The highest BCUT2D eigenvalue weighted by atomic mass is 35.5. The van der Waals surface area contributed by atoms with Gasteiger partial charge in [0, 0.05) is 11.1 Å². The van der Waals surface area contributed by atoms with E-state index in [4.69, 9.17) is 23.2 Å². The van der Waals surface area contributed by atoms with Crippen LogP contribution in [0.2, 0.25) is 10.0 Å². The summed E-state index contributed by atoms with van der Waals surface area (Å²) in [5.41, 5.74) is 1.79. The van der Waals surface area contributed by atoms with E-state index in [0.29, 0.717) is 12.0 Å². The molecule has 0 saturated heterocycles. The van der Waals surface area contributed by atoms with E-state index >= 15 is 0 Å². The second kappa shape index (κ2) is 7.07. The van der Waals surface area contributed by atoms with Crippen LogP contribution in [0.4, 0.5) is 4.39 Å². The highest BCUT2D eigenvalue weighted by molar-refractivity contribution is 6.31. The average Bonchev–Trinajstić information content (AvgIpc) is 2.45. The monoisotopic (exact) mass is 311 g/mol. The van der Waals surface area contributed by atoms with Gasteiger partial charge < -0.3 is 5.32 Å². The molecule has 0 saturated carbocycles. The molecule has 2 rings (SSSR count). The van der Waals surface area contributed by atoms with Gasteiger partial charge in [0.1, 0.15) is 5.82 Å². The number of hydrogen-bond donors (Lipinski definition) is 1. The molecule has 0 aliphatic carbocycles. The molecule has 1 unspecified atom stereocenters. The minimum absolute atomic E-state index is 0.143. The summed E-state index contributed by atoms with van der Waals surface area (Å²) in [6.45, 7) is 0. The molecule has 2 aromatic carbocycles. The van der Waals surface area contributed by atoms with Crippen LogP contribution < -0.4 is 5.32 Å². The minimum atomic E-state index is -0.328. The zero-order chi connectivity index (χ0) is 14.5. The summed E-state index contributed by atoms with van der Waals surface area (Å²) in [7, 11) is 1.88. The van der Waals surface area contributed by atoms with E-state index in [-0.39, 0.29) is 16.9 Å². The molecule has 0 radical (unpaired) electrons. The first-order valence-electron chi connectivity index (χ1n) is 6.44. The Labute approximate surface area is 128 Å². The summed E-state index contributed by atoms with van der Waals surface area (Å²) < 4.78 is 13.9. The van der Waals surface area contributed by atoms with Crippen molar-refractivity contribution in [2.24, 2.45) is 0 Å². The number of likely N-dealkylation sites (N-methyl/N-ethyl adjacent to an activating group) is 1. The largest absolute Gasteiger partial charge is 0.316 e. The van der Waals surface area contributed by atoms with Crippen LogP contribution in [-0.4, -0.2) is 13.1 Å². The molecule has 20 heavy (non-hydrogen) atoms. The van der Waals surface area contributed by atoms with Gasteiger partial charge in [-0.3, -0.25) is 0 Å². The van der Waals surface area contributed by atoms with Crippen molar-refractivity contribution in [3.8, 4) is 0 Å². The molecule has 1 atom stereocenters. The van der Waals surface area contributed by atoms with Crippen LogP contribution in [0, 0.1) is 5.82 Å². The topological polar surface area (TPSA) is 12.0 Å². The Morgan fingerprint density at radius 1 is 1.05 bits per heavy atom. The number of rotatable bonds is 5. The van der Waals surface area contributed by atoms with E-state index in [1.54, 1.807) is 18.2 Å². The van der Waals surface area contributed by atoms with Gasteiger partial charge in [-0.15, -0.1) is 0 Å². The highest BCUT2D eigenvalue weighted by Gasteiger charge is 2.13. The van der Waals surface area contributed by atoms with Crippen molar-refractivity contribution in [1.82, 2.24) is 5.32 Å². The standard InChI is InChI=1S/C16H16Cl2FN/c1-20-14(9-11-5-7-13(17)8-6-11)10-12-3-2-4-15(18)16(12)19/h2-8,14,20H,9-10H2,1H3. The number of nitrogens with one attached hydrogen (secondary N) is 1. The molecule has 106 valence electrons. The van der Waals surface area contributed by atoms with Gasteiger partial charge in [0.15, 0.2) is 0 Å². The molecule has 0 bridgehead atoms. The molecular weight excluding hydrogens is 296 g/mol. The van der Waals surface area contributed by atoms with Crippen LogP contribution in [-0.2, 0) is 12.8 Å². The van der Waals surface area contributed by atoms with Crippen LogP contribution in [0.25, 0.3) is 0 Å². The molecule has 0 heterocycles. The quantitative estimate of drug-likeness (QED) is 0.857. The summed E-state index contributed by atoms with van der Waals surface area (Å²) in [4.78, 5) is 0. The normalized spacial score (nSPS) is 12.4. The van der Waals surface area contributed by atoms with Crippen molar-refractivity contribution in [2.45, 2.75) is 18.9 Å². The fourth-order valence-electron chi connectivity index (χ4n) is 2.15. The zero-order valence-electron chi connectivity index (χ0n) is 11.2. The molecule has 0 aliphatic heterocycles. The van der Waals surface area contributed by atoms with Crippen LogP contribution >= 0.6 is 23.2 Å². The van der Waals surface area contributed by atoms with E-state index in [1.165, 1.54) is 0 Å². The molecule has 0 aliphatic rings. The third kappa shape index (κ3) is 3.95. The van der Waals surface area contributed by atoms with Crippen molar-refractivity contribution in [3.63, 3.8) is 0 Å². The van der Waals surface area contributed by atoms with Crippen LogP contribution in [0.5, 0.6) is 0 Å². The maximum absolute atomic E-state index is 13.9. The molecule has 1 N–H and O–H groups in total. The maximum Gasteiger partial charge on any atom is 0.145 e. The van der Waals surface area contributed by atoms with Gasteiger partial charge in [-0.1, -0.05) is 47.5 Å². The Morgan fingerprint density at radius 3 is 2.40 bits per heavy atom. The average molecular weight is 312 g/mol. The van der Waals surface area contributed by atoms with Gasteiger partial charge in [0.25, 0.3) is 0 Å². The van der Waals surface area contributed by atoms with E-state index < -0.39 is 0 Å². The van der Waals surface area contributed by atoms with Crippen LogP contribution in [0.1, 0.15) is 11.1 Å². The van der Waals surface area contributed by atoms with Crippen molar-refractivity contribution in [2.75, 3.05) is 7.05 Å². The Bertz CT molecular complexity index is 569. The van der Waals surface area contributed by atoms with Crippen molar-refractivity contribution in [3.05, 3.63) is 69.5 Å². The summed E-state index contributed by atoms with van der Waals surface area (Å²) in [6, 6.07) is 13.0. The van der Waals surface area contributed by atoms with Gasteiger partial charge in [0.2, 0.25) is 0 Å². The smallest absolute Gasteiger partial charge is 0.145 e. The first-order valence-corrected chi connectivity index (χ1v) is 7.20. The summed E-state index contributed by atoms with van der Waals surface area (Å²) >= 11 is 11.7. The minimum Gasteiger partial charge on any atom is -0.316 e. The number of halogens is 3. The molecular formula is C16H16Cl2FN. The van der Waals surface area contributed by atoms with Crippen LogP contribution in [0.15, 0.2) is 42.5 Å². The van der Waals surface area contributed by atoms with E-state index in [2.05, 4.69) is 5.32 Å². The fourth-order valence-corrected chi connectivity index (χ4v) is 2.47. The highest BCUT2D eigenvalue weighted by Crippen LogP contribution is 2.20. The molecule has 0 spiro atoms. The van der Waals surface area contributed by atoms with Gasteiger partial charge in [-0.25, -0.2) is 4.39 Å². The Morgan fingerprint density at radius 2 is 1.75 bits per heavy atom. The number of benzene rings is 2. The Hall–Kier alpha value is -1.09. The predicted octanol–water partition coefficient (Wildman–Crippen LogP) is 4.51. The number of hydrogen-bond acceptors (Lipinski definition) is 1. The third-order valence-corrected chi connectivity index (χ3v) is 3.85. The maximum atomic E-state index is 13.9. The predicted molar refractivity (Wildman–Crippen MR) is 83.1 cm³/mol. The Balaban J connectivity index is 2.09. The summed E-state index contributed by atoms with van der Waals surface area (Å²) in [5.74, 6) is -0.328. The fraction of sp³-hybridized carbons (Fsp3) is 0.250. The second-order valence-electron chi connectivity index (χ2n) is 4.73. The van der Waals surface area contributed by atoms with Crippen molar-refractivity contribution >= 4 is 23.2 Å². The van der Waals surface area contributed by atoms with Gasteiger partial charge in [-0.2, -0.15) is 0 Å². The third-order valence-electron chi connectivity index (χ3n) is 3.30. The second-order valence-corrected chi connectivity index (χ2v) is 5.58. The van der Waals surface area contributed by atoms with Gasteiger partial charge in [-0.05, 0) is 49.2 Å². The molecule has 1 nitrogen and oxygen atoms in total. The Kier molecular flexibility index (Phi) is 5.41. The zero-order valence-corrected chi connectivity index (χ0v) is 12.7. The summed E-state index contributed by atoms with van der Waals surface area (Å²) in [5, 5.41) is 4.11. The lowest BCUT2D eigenvalue weighted by molar-refractivity contribution is 0.532. The first-order chi connectivity index (χ1) is 9.60. The summed E-state index contributed by atoms with van der Waals surface area (Å²) in [6.07, 6.45) is 1.39. The van der Waals surface area contributed by atoms with Crippen molar-refractivity contribution < 1.29 is 4.39 Å². The van der Waals surface area contributed by atoms with Gasteiger partial charge in [0.05, 0.1) is 5.02 Å².